The molecule has 144 valence electrons. The maximum absolute atomic E-state index is 12.4. The maximum Gasteiger partial charge on any atom is 0.410 e. The summed E-state index contributed by atoms with van der Waals surface area (Å²) in [6, 6.07) is 7.20. The standard InChI is InChI=1S/C18H26N2O5S/c1-13(2)25-18(21)20-8-7-19(16-11-26(22,23)12-17(16)20)10-14-5-4-6-15(9-14)24-3/h4-6,9,13,16-17H,7-8,10-12H2,1-3H3/t16-,17+/m1/s1. The molecule has 8 heteroatoms. The van der Waals surface area contributed by atoms with Gasteiger partial charge in [0.15, 0.2) is 9.84 Å². The first-order valence-corrected chi connectivity index (χ1v) is 10.7. The quantitative estimate of drug-likeness (QED) is 0.786. The van der Waals surface area contributed by atoms with Crippen molar-refractivity contribution < 1.29 is 22.7 Å². The highest BCUT2D eigenvalue weighted by atomic mass is 32.2. The number of carbonyl (C=O) groups is 1. The monoisotopic (exact) mass is 382 g/mol. The van der Waals surface area contributed by atoms with Gasteiger partial charge in [0.2, 0.25) is 0 Å². The van der Waals surface area contributed by atoms with E-state index in [1.54, 1.807) is 25.9 Å². The van der Waals surface area contributed by atoms with Crippen LogP contribution in [0, 0.1) is 0 Å². The van der Waals surface area contributed by atoms with Crippen LogP contribution in [0.1, 0.15) is 19.4 Å². The number of nitrogens with zero attached hydrogens (tertiary/aromatic N) is 2. The molecule has 0 saturated carbocycles. The minimum absolute atomic E-state index is 0.000523. The molecule has 2 aliphatic rings. The van der Waals surface area contributed by atoms with E-state index in [9.17, 15) is 13.2 Å². The highest BCUT2D eigenvalue weighted by Crippen LogP contribution is 2.29. The molecule has 2 fully saturated rings. The first-order valence-electron chi connectivity index (χ1n) is 8.84. The van der Waals surface area contributed by atoms with Crippen LogP contribution in [0.4, 0.5) is 4.79 Å². The van der Waals surface area contributed by atoms with Gasteiger partial charge in [0, 0.05) is 25.7 Å². The number of sulfone groups is 1. The number of amides is 1. The Morgan fingerprint density at radius 2 is 1.96 bits per heavy atom. The van der Waals surface area contributed by atoms with Crippen molar-refractivity contribution in [1.29, 1.82) is 0 Å². The number of fused-ring (bicyclic) bond motifs is 1. The Labute approximate surface area is 154 Å². The predicted molar refractivity (Wildman–Crippen MR) is 98.0 cm³/mol. The Bertz CT molecular complexity index is 765. The second kappa shape index (κ2) is 7.44. The van der Waals surface area contributed by atoms with Crippen molar-refractivity contribution in [3.05, 3.63) is 29.8 Å². The Hall–Kier alpha value is -1.80. The number of ether oxygens (including phenoxy) is 2. The molecule has 0 radical (unpaired) electrons. The lowest BCUT2D eigenvalue weighted by Crippen LogP contribution is -2.60. The van der Waals surface area contributed by atoms with Crippen LogP contribution in [0.25, 0.3) is 0 Å². The van der Waals surface area contributed by atoms with E-state index in [2.05, 4.69) is 4.90 Å². The molecule has 26 heavy (non-hydrogen) atoms. The normalized spacial score (nSPS) is 25.2. The fraction of sp³-hybridized carbons (Fsp3) is 0.611. The van der Waals surface area contributed by atoms with Gasteiger partial charge >= 0.3 is 6.09 Å². The smallest absolute Gasteiger partial charge is 0.410 e. The minimum Gasteiger partial charge on any atom is -0.497 e. The number of piperazine rings is 1. The van der Waals surface area contributed by atoms with Crippen molar-refractivity contribution in [3.63, 3.8) is 0 Å². The third kappa shape index (κ3) is 4.12. The van der Waals surface area contributed by atoms with Crippen molar-refractivity contribution >= 4 is 15.9 Å². The molecule has 2 aliphatic heterocycles. The average Bonchev–Trinajstić information content (AvgIpc) is 2.90. The number of benzene rings is 1. The highest BCUT2D eigenvalue weighted by Gasteiger charge is 2.48. The zero-order valence-corrected chi connectivity index (χ0v) is 16.2. The molecule has 2 heterocycles. The number of hydrogen-bond acceptors (Lipinski definition) is 6. The molecule has 1 aromatic carbocycles. The summed E-state index contributed by atoms with van der Waals surface area (Å²) >= 11 is 0. The van der Waals surface area contributed by atoms with E-state index in [0.717, 1.165) is 11.3 Å². The molecule has 0 aliphatic carbocycles. The summed E-state index contributed by atoms with van der Waals surface area (Å²) in [6.45, 7) is 5.29. The van der Waals surface area contributed by atoms with Gasteiger partial charge < -0.3 is 14.4 Å². The molecular weight excluding hydrogens is 356 g/mol. The third-order valence-corrected chi connectivity index (χ3v) is 6.58. The van der Waals surface area contributed by atoms with Crippen LogP contribution in [-0.2, 0) is 21.1 Å². The molecule has 1 amide bonds. The Morgan fingerprint density at radius 1 is 1.23 bits per heavy atom. The SMILES string of the molecule is COc1cccc(CN2CCN(C(=O)OC(C)C)[C@H]3CS(=O)(=O)C[C@H]32)c1. The van der Waals surface area contributed by atoms with Crippen LogP contribution < -0.4 is 4.74 Å². The summed E-state index contributed by atoms with van der Waals surface area (Å²) in [5, 5.41) is 0. The van der Waals surface area contributed by atoms with E-state index >= 15 is 0 Å². The molecule has 3 rings (SSSR count). The largest absolute Gasteiger partial charge is 0.497 e. The van der Waals surface area contributed by atoms with E-state index in [1.165, 1.54) is 0 Å². The van der Waals surface area contributed by atoms with E-state index in [0.29, 0.717) is 19.6 Å². The van der Waals surface area contributed by atoms with Crippen molar-refractivity contribution in [1.82, 2.24) is 9.80 Å². The van der Waals surface area contributed by atoms with Crippen LogP contribution in [0.15, 0.2) is 24.3 Å². The van der Waals surface area contributed by atoms with E-state index < -0.39 is 15.9 Å². The van der Waals surface area contributed by atoms with E-state index in [-0.39, 0.29) is 29.7 Å². The second-order valence-electron chi connectivity index (χ2n) is 7.16. The van der Waals surface area contributed by atoms with Crippen LogP contribution in [0.5, 0.6) is 5.75 Å². The molecule has 2 saturated heterocycles. The van der Waals surface area contributed by atoms with Crippen molar-refractivity contribution in [2.45, 2.75) is 38.6 Å². The second-order valence-corrected chi connectivity index (χ2v) is 9.31. The van der Waals surface area contributed by atoms with E-state index in [1.807, 2.05) is 24.3 Å². The number of carbonyl (C=O) groups excluding carboxylic acids is 1. The molecule has 7 nitrogen and oxygen atoms in total. The molecule has 0 N–H and O–H groups in total. The van der Waals surface area contributed by atoms with Gasteiger partial charge in [-0.1, -0.05) is 12.1 Å². The van der Waals surface area contributed by atoms with Crippen LogP contribution in [0.2, 0.25) is 0 Å². The van der Waals surface area contributed by atoms with Gasteiger partial charge in [-0.3, -0.25) is 4.90 Å². The topological polar surface area (TPSA) is 76.2 Å². The van der Waals surface area contributed by atoms with Gasteiger partial charge in [-0.15, -0.1) is 0 Å². The zero-order chi connectivity index (χ0) is 18.9. The fourth-order valence-corrected chi connectivity index (χ4v) is 5.73. The van der Waals surface area contributed by atoms with Gasteiger partial charge in [0.1, 0.15) is 5.75 Å². The Morgan fingerprint density at radius 3 is 2.65 bits per heavy atom. The predicted octanol–water partition coefficient (Wildman–Crippen LogP) is 1.52. The first-order chi connectivity index (χ1) is 12.3. The highest BCUT2D eigenvalue weighted by molar-refractivity contribution is 7.91. The molecular formula is C18H26N2O5S. The van der Waals surface area contributed by atoms with Crippen LogP contribution in [0.3, 0.4) is 0 Å². The van der Waals surface area contributed by atoms with Gasteiger partial charge in [-0.05, 0) is 31.5 Å². The van der Waals surface area contributed by atoms with Gasteiger partial charge in [-0.2, -0.15) is 0 Å². The Kier molecular flexibility index (Phi) is 5.43. The zero-order valence-electron chi connectivity index (χ0n) is 15.4. The van der Waals surface area contributed by atoms with Crippen molar-refractivity contribution in [2.75, 3.05) is 31.7 Å². The Balaban J connectivity index is 1.79. The number of rotatable bonds is 4. The summed E-state index contributed by atoms with van der Waals surface area (Å²) in [6.07, 6.45) is -0.651. The first kappa shape index (κ1) is 19.0. The maximum atomic E-state index is 12.4. The minimum atomic E-state index is -3.18. The molecule has 0 bridgehead atoms. The van der Waals surface area contributed by atoms with E-state index in [4.69, 9.17) is 9.47 Å². The van der Waals surface area contributed by atoms with Crippen LogP contribution in [-0.4, -0.2) is 74.2 Å². The molecule has 0 spiro atoms. The van der Waals surface area contributed by atoms with Crippen LogP contribution >= 0.6 is 0 Å². The fourth-order valence-electron chi connectivity index (χ4n) is 3.72. The molecule has 1 aromatic rings. The summed E-state index contributed by atoms with van der Waals surface area (Å²) in [5.41, 5.74) is 1.06. The lowest BCUT2D eigenvalue weighted by molar-refractivity contribution is 0.0163. The van der Waals surface area contributed by atoms with Gasteiger partial charge in [0.25, 0.3) is 0 Å². The lowest BCUT2D eigenvalue weighted by Gasteiger charge is -2.43. The molecule has 2 atom stereocenters. The summed E-state index contributed by atoms with van der Waals surface area (Å²) in [5.74, 6) is 0.851. The molecule has 0 aromatic heterocycles. The summed E-state index contributed by atoms with van der Waals surface area (Å²) < 4.78 is 35.1. The average molecular weight is 382 g/mol. The summed E-state index contributed by atoms with van der Waals surface area (Å²) in [4.78, 5) is 16.1. The third-order valence-electron chi connectivity index (χ3n) is 4.88. The van der Waals surface area contributed by atoms with Gasteiger partial charge in [0.05, 0.1) is 30.8 Å². The number of hydrogen-bond donors (Lipinski definition) is 0. The van der Waals surface area contributed by atoms with Crippen molar-refractivity contribution in [2.24, 2.45) is 0 Å². The van der Waals surface area contributed by atoms with Gasteiger partial charge in [-0.25, -0.2) is 13.2 Å². The van der Waals surface area contributed by atoms with Crippen molar-refractivity contribution in [3.8, 4) is 5.75 Å². The summed E-state index contributed by atoms with van der Waals surface area (Å²) in [7, 11) is -1.55. The number of methoxy groups -OCH3 is 1. The molecule has 0 unspecified atom stereocenters. The lowest BCUT2D eigenvalue weighted by atomic mass is 10.0.